The fourth-order valence-electron chi connectivity index (χ4n) is 3.36. The molecule has 0 atom stereocenters. The van der Waals surface area contributed by atoms with Crippen molar-refractivity contribution in [2.24, 2.45) is 0 Å². The maximum absolute atomic E-state index is 11.0. The quantitative estimate of drug-likeness (QED) is 0.670. The Hall–Kier alpha value is -3.45. The summed E-state index contributed by atoms with van der Waals surface area (Å²) in [6, 6.07) is 18.9. The SMILES string of the molecule is O=C(O)c1ccc(Nc2ccnc(N3CCN(Cc4ccccc4)CC3)n2)cc1. The largest absolute Gasteiger partial charge is 0.478 e. The van der Waals surface area contributed by atoms with E-state index in [2.05, 4.69) is 49.4 Å². The van der Waals surface area contributed by atoms with Gasteiger partial charge < -0.3 is 15.3 Å². The van der Waals surface area contributed by atoms with Crippen LogP contribution in [0.4, 0.5) is 17.5 Å². The van der Waals surface area contributed by atoms with Gasteiger partial charge in [-0.15, -0.1) is 0 Å². The summed E-state index contributed by atoms with van der Waals surface area (Å²) < 4.78 is 0. The van der Waals surface area contributed by atoms with Gasteiger partial charge in [-0.1, -0.05) is 30.3 Å². The molecular weight excluding hydrogens is 366 g/mol. The molecule has 1 aliphatic rings. The second kappa shape index (κ2) is 8.70. The van der Waals surface area contributed by atoms with E-state index in [1.807, 2.05) is 6.07 Å². The van der Waals surface area contributed by atoms with E-state index in [1.165, 1.54) is 5.56 Å². The van der Waals surface area contributed by atoms with E-state index in [9.17, 15) is 4.79 Å². The number of piperazine rings is 1. The molecule has 0 bridgehead atoms. The van der Waals surface area contributed by atoms with Gasteiger partial charge >= 0.3 is 5.97 Å². The minimum absolute atomic E-state index is 0.257. The van der Waals surface area contributed by atoms with Gasteiger partial charge in [-0.3, -0.25) is 4.90 Å². The molecule has 7 heteroatoms. The summed E-state index contributed by atoms with van der Waals surface area (Å²) in [5, 5.41) is 12.2. The highest BCUT2D eigenvalue weighted by molar-refractivity contribution is 5.88. The molecule has 2 heterocycles. The van der Waals surface area contributed by atoms with Crippen molar-refractivity contribution >= 4 is 23.4 Å². The minimum Gasteiger partial charge on any atom is -0.478 e. The van der Waals surface area contributed by atoms with Crippen molar-refractivity contribution in [2.45, 2.75) is 6.54 Å². The predicted octanol–water partition coefficient (Wildman–Crippen LogP) is 3.24. The Bertz CT molecular complexity index is 954. The molecule has 1 aliphatic heterocycles. The monoisotopic (exact) mass is 389 g/mol. The number of benzene rings is 2. The van der Waals surface area contributed by atoms with E-state index in [4.69, 9.17) is 5.11 Å². The van der Waals surface area contributed by atoms with Gasteiger partial charge in [0.1, 0.15) is 5.82 Å². The molecule has 148 valence electrons. The maximum atomic E-state index is 11.0. The zero-order valence-corrected chi connectivity index (χ0v) is 16.0. The number of hydrogen-bond donors (Lipinski definition) is 2. The topological polar surface area (TPSA) is 81.6 Å². The van der Waals surface area contributed by atoms with Crippen LogP contribution in [0.15, 0.2) is 66.9 Å². The van der Waals surface area contributed by atoms with E-state index in [-0.39, 0.29) is 5.56 Å². The Morgan fingerprint density at radius 3 is 2.38 bits per heavy atom. The molecule has 0 spiro atoms. The van der Waals surface area contributed by atoms with Crippen LogP contribution in [0.2, 0.25) is 0 Å². The molecule has 7 nitrogen and oxygen atoms in total. The van der Waals surface area contributed by atoms with Crippen molar-refractivity contribution < 1.29 is 9.90 Å². The second-order valence-electron chi connectivity index (χ2n) is 7.00. The number of rotatable bonds is 6. The number of carbonyl (C=O) groups is 1. The first-order valence-corrected chi connectivity index (χ1v) is 9.62. The highest BCUT2D eigenvalue weighted by atomic mass is 16.4. The summed E-state index contributed by atoms with van der Waals surface area (Å²) in [6.45, 7) is 4.65. The fourth-order valence-corrected chi connectivity index (χ4v) is 3.36. The van der Waals surface area contributed by atoms with Crippen LogP contribution in [-0.4, -0.2) is 52.1 Å². The minimum atomic E-state index is -0.938. The highest BCUT2D eigenvalue weighted by Gasteiger charge is 2.19. The third-order valence-electron chi connectivity index (χ3n) is 4.95. The van der Waals surface area contributed by atoms with Crippen molar-refractivity contribution in [3.05, 3.63) is 78.0 Å². The Morgan fingerprint density at radius 2 is 1.69 bits per heavy atom. The van der Waals surface area contributed by atoms with Crippen molar-refractivity contribution in [1.29, 1.82) is 0 Å². The zero-order valence-electron chi connectivity index (χ0n) is 16.0. The number of anilines is 3. The molecule has 2 aromatic carbocycles. The lowest BCUT2D eigenvalue weighted by atomic mass is 10.2. The summed E-state index contributed by atoms with van der Waals surface area (Å²) in [5.74, 6) is 0.452. The van der Waals surface area contributed by atoms with E-state index >= 15 is 0 Å². The van der Waals surface area contributed by atoms with Crippen LogP contribution in [0.1, 0.15) is 15.9 Å². The molecule has 0 saturated carbocycles. The van der Waals surface area contributed by atoms with E-state index in [0.717, 1.165) is 38.4 Å². The molecule has 1 aromatic heterocycles. The summed E-state index contributed by atoms with van der Waals surface area (Å²) in [7, 11) is 0. The zero-order chi connectivity index (χ0) is 20.1. The molecule has 3 aromatic rings. The first-order chi connectivity index (χ1) is 14.2. The molecule has 2 N–H and O–H groups in total. The van der Waals surface area contributed by atoms with Gasteiger partial charge in [-0.2, -0.15) is 4.98 Å². The van der Waals surface area contributed by atoms with Crippen LogP contribution in [-0.2, 0) is 6.54 Å². The second-order valence-corrected chi connectivity index (χ2v) is 7.00. The summed E-state index contributed by atoms with van der Waals surface area (Å²) in [6.07, 6.45) is 1.74. The lowest BCUT2D eigenvalue weighted by Crippen LogP contribution is -2.46. The highest BCUT2D eigenvalue weighted by Crippen LogP contribution is 2.19. The van der Waals surface area contributed by atoms with Crippen LogP contribution < -0.4 is 10.2 Å². The summed E-state index contributed by atoms with van der Waals surface area (Å²) in [5.41, 5.74) is 2.37. The molecule has 1 fully saturated rings. The number of aromatic carboxylic acids is 1. The van der Waals surface area contributed by atoms with E-state index in [1.54, 1.807) is 36.5 Å². The van der Waals surface area contributed by atoms with Gasteiger partial charge in [0.05, 0.1) is 5.56 Å². The maximum Gasteiger partial charge on any atom is 0.335 e. The van der Waals surface area contributed by atoms with Crippen LogP contribution in [0, 0.1) is 0 Å². The molecular formula is C22H23N5O2. The molecule has 0 unspecified atom stereocenters. The Balaban J connectivity index is 1.36. The van der Waals surface area contributed by atoms with Crippen molar-refractivity contribution in [3.63, 3.8) is 0 Å². The normalized spacial score (nSPS) is 14.6. The van der Waals surface area contributed by atoms with Gasteiger partial charge in [0.15, 0.2) is 0 Å². The standard InChI is InChI=1S/C22H23N5O2/c28-21(29)18-6-8-19(9-7-18)24-20-10-11-23-22(25-20)27-14-12-26(13-15-27)16-17-4-2-1-3-5-17/h1-11H,12-16H2,(H,28,29)(H,23,24,25). The molecule has 29 heavy (non-hydrogen) atoms. The Labute approximate surface area is 169 Å². The number of nitrogens with zero attached hydrogens (tertiary/aromatic N) is 4. The lowest BCUT2D eigenvalue weighted by molar-refractivity contribution is 0.0697. The summed E-state index contributed by atoms with van der Waals surface area (Å²) in [4.78, 5) is 24.7. The lowest BCUT2D eigenvalue weighted by Gasteiger charge is -2.34. The fraction of sp³-hybridized carbons (Fsp3) is 0.227. The summed E-state index contributed by atoms with van der Waals surface area (Å²) >= 11 is 0. The van der Waals surface area contributed by atoms with Crippen molar-refractivity contribution in [1.82, 2.24) is 14.9 Å². The third-order valence-corrected chi connectivity index (χ3v) is 4.95. The van der Waals surface area contributed by atoms with Gasteiger partial charge in [0.25, 0.3) is 0 Å². The Morgan fingerprint density at radius 1 is 0.966 bits per heavy atom. The molecule has 1 saturated heterocycles. The van der Waals surface area contributed by atoms with Gasteiger partial charge in [-0.05, 0) is 35.9 Å². The van der Waals surface area contributed by atoms with Crippen LogP contribution in [0.5, 0.6) is 0 Å². The molecule has 0 aliphatic carbocycles. The van der Waals surface area contributed by atoms with Crippen molar-refractivity contribution in [3.8, 4) is 0 Å². The van der Waals surface area contributed by atoms with Gasteiger partial charge in [0, 0.05) is 44.6 Å². The van der Waals surface area contributed by atoms with Crippen molar-refractivity contribution in [2.75, 3.05) is 36.4 Å². The average Bonchev–Trinajstić information content (AvgIpc) is 2.76. The van der Waals surface area contributed by atoms with E-state index < -0.39 is 5.97 Å². The molecule has 0 amide bonds. The third kappa shape index (κ3) is 4.89. The van der Waals surface area contributed by atoms with Gasteiger partial charge in [0.2, 0.25) is 5.95 Å². The average molecular weight is 389 g/mol. The number of hydrogen-bond acceptors (Lipinski definition) is 6. The van der Waals surface area contributed by atoms with Crippen LogP contribution in [0.3, 0.4) is 0 Å². The van der Waals surface area contributed by atoms with Gasteiger partial charge in [-0.25, -0.2) is 9.78 Å². The first-order valence-electron chi connectivity index (χ1n) is 9.62. The predicted molar refractivity (Wildman–Crippen MR) is 113 cm³/mol. The molecule has 4 rings (SSSR count). The Kier molecular flexibility index (Phi) is 5.67. The number of nitrogens with one attached hydrogen (secondary N) is 1. The number of aromatic nitrogens is 2. The first kappa shape index (κ1) is 18.9. The van der Waals surface area contributed by atoms with Crippen LogP contribution in [0.25, 0.3) is 0 Å². The number of carboxylic acid groups (broad SMARTS) is 1. The molecule has 0 radical (unpaired) electrons. The van der Waals surface area contributed by atoms with Crippen LogP contribution >= 0.6 is 0 Å². The van der Waals surface area contributed by atoms with E-state index in [0.29, 0.717) is 11.8 Å². The smallest absolute Gasteiger partial charge is 0.335 e. The number of carboxylic acids is 1.